The lowest BCUT2D eigenvalue weighted by molar-refractivity contribution is -0.118. The van der Waals surface area contributed by atoms with Crippen LogP contribution in [0.5, 0.6) is 5.75 Å². The van der Waals surface area contributed by atoms with Gasteiger partial charge in [-0.15, -0.1) is 5.10 Å². The number of thiazole rings is 1. The normalized spacial score (nSPS) is 11.6. The predicted octanol–water partition coefficient (Wildman–Crippen LogP) is 3.09. The van der Waals surface area contributed by atoms with Gasteiger partial charge in [-0.3, -0.25) is 14.6 Å². The van der Waals surface area contributed by atoms with E-state index in [9.17, 15) is 9.59 Å². The summed E-state index contributed by atoms with van der Waals surface area (Å²) in [4.78, 5) is 33.8. The number of aromatic nitrogens is 4. The van der Waals surface area contributed by atoms with Gasteiger partial charge in [-0.05, 0) is 55.0 Å². The Morgan fingerprint density at radius 3 is 2.50 bits per heavy atom. The van der Waals surface area contributed by atoms with E-state index in [1.165, 1.54) is 15.9 Å². The zero-order valence-corrected chi connectivity index (χ0v) is 19.0. The number of anilines is 1. The lowest BCUT2D eigenvalue weighted by Crippen LogP contribution is -2.23. The van der Waals surface area contributed by atoms with Gasteiger partial charge < -0.3 is 10.1 Å². The van der Waals surface area contributed by atoms with Crippen molar-refractivity contribution in [1.82, 2.24) is 19.6 Å². The summed E-state index contributed by atoms with van der Waals surface area (Å²) in [6, 6.07) is 18.3. The maximum atomic E-state index is 12.7. The molecular weight excluding hydrogens is 450 g/mol. The average molecular weight is 470 g/mol. The van der Waals surface area contributed by atoms with Crippen molar-refractivity contribution in [2.75, 3.05) is 11.9 Å². The number of aryl methyl sites for hydroxylation is 1. The fourth-order valence-electron chi connectivity index (χ4n) is 3.25. The molecule has 168 valence electrons. The van der Waals surface area contributed by atoms with Crippen molar-refractivity contribution in [3.63, 3.8) is 0 Å². The van der Waals surface area contributed by atoms with Gasteiger partial charge >= 0.3 is 0 Å². The Morgan fingerprint density at radius 2 is 1.79 bits per heavy atom. The lowest BCUT2D eigenvalue weighted by Gasteiger charge is -2.08. The second-order valence-corrected chi connectivity index (χ2v) is 8.56. The van der Waals surface area contributed by atoms with Crippen LogP contribution in [0.1, 0.15) is 11.1 Å². The third-order valence-electron chi connectivity index (χ3n) is 5.00. The molecule has 3 aromatic heterocycles. The maximum absolute atomic E-state index is 12.7. The smallest absolute Gasteiger partial charge is 0.291 e. The Kier molecular flexibility index (Phi) is 5.84. The molecule has 34 heavy (non-hydrogen) atoms. The molecule has 1 N–H and O–H groups in total. The standard InChI is InChI=1S/C25H19N5O3S/c1-16-2-6-19(7-3-16)27-22(31)15-33-20-8-4-17(5-9-20)14-21-24(32)30-25(34-21)28-23(29-30)18-10-12-26-13-11-18/h2-14H,15H2,1H3,(H,27,31)/b21-14-. The molecule has 0 aliphatic carbocycles. The Labute approximate surface area is 198 Å². The molecule has 5 rings (SSSR count). The molecule has 3 heterocycles. The molecule has 0 bridgehead atoms. The van der Waals surface area contributed by atoms with Gasteiger partial charge in [0.15, 0.2) is 12.4 Å². The number of hydrogen-bond acceptors (Lipinski definition) is 7. The quantitative estimate of drug-likeness (QED) is 0.410. The molecule has 0 aliphatic rings. The third kappa shape index (κ3) is 4.69. The zero-order valence-electron chi connectivity index (χ0n) is 18.1. The summed E-state index contributed by atoms with van der Waals surface area (Å²) in [7, 11) is 0. The number of ether oxygens (including phenoxy) is 1. The topological polar surface area (TPSA) is 98.5 Å². The van der Waals surface area contributed by atoms with Gasteiger partial charge in [0.2, 0.25) is 4.96 Å². The molecule has 5 aromatic rings. The minimum absolute atomic E-state index is 0.102. The third-order valence-corrected chi connectivity index (χ3v) is 5.96. The summed E-state index contributed by atoms with van der Waals surface area (Å²) in [6.07, 6.45) is 5.10. The van der Waals surface area contributed by atoms with E-state index in [1.54, 1.807) is 42.7 Å². The molecule has 0 unspecified atom stereocenters. The Bertz CT molecular complexity index is 1560. The van der Waals surface area contributed by atoms with Gasteiger partial charge in [-0.2, -0.15) is 9.50 Å². The van der Waals surface area contributed by atoms with Crippen molar-refractivity contribution in [2.45, 2.75) is 6.92 Å². The number of nitrogens with one attached hydrogen (secondary N) is 1. The highest BCUT2D eigenvalue weighted by Gasteiger charge is 2.12. The summed E-state index contributed by atoms with van der Waals surface area (Å²) < 4.78 is 7.42. The van der Waals surface area contributed by atoms with Crippen LogP contribution in [0.15, 0.2) is 77.9 Å². The highest BCUT2D eigenvalue weighted by atomic mass is 32.1. The van der Waals surface area contributed by atoms with E-state index in [-0.39, 0.29) is 18.1 Å². The van der Waals surface area contributed by atoms with Crippen LogP contribution >= 0.6 is 11.3 Å². The van der Waals surface area contributed by atoms with E-state index < -0.39 is 0 Å². The van der Waals surface area contributed by atoms with Gasteiger partial charge in [-0.1, -0.05) is 41.2 Å². The minimum Gasteiger partial charge on any atom is -0.484 e. The Hall–Kier alpha value is -4.37. The van der Waals surface area contributed by atoms with Crippen LogP contribution in [0.2, 0.25) is 0 Å². The first-order valence-corrected chi connectivity index (χ1v) is 11.3. The fourth-order valence-corrected chi connectivity index (χ4v) is 4.16. The summed E-state index contributed by atoms with van der Waals surface area (Å²) >= 11 is 1.28. The number of rotatable bonds is 6. The molecule has 1 amide bonds. The molecule has 8 nitrogen and oxygen atoms in total. The highest BCUT2D eigenvalue weighted by molar-refractivity contribution is 7.15. The van der Waals surface area contributed by atoms with Gasteiger partial charge in [0, 0.05) is 23.6 Å². The predicted molar refractivity (Wildman–Crippen MR) is 131 cm³/mol. The van der Waals surface area contributed by atoms with E-state index in [1.807, 2.05) is 43.3 Å². The van der Waals surface area contributed by atoms with E-state index in [2.05, 4.69) is 20.4 Å². The van der Waals surface area contributed by atoms with Crippen molar-refractivity contribution >= 4 is 34.0 Å². The molecular formula is C25H19N5O3S. The Balaban J connectivity index is 1.26. The summed E-state index contributed by atoms with van der Waals surface area (Å²) in [5, 5.41) is 7.13. The van der Waals surface area contributed by atoms with Crippen LogP contribution in [0.3, 0.4) is 0 Å². The van der Waals surface area contributed by atoms with Gasteiger partial charge in [0.1, 0.15) is 5.75 Å². The van der Waals surface area contributed by atoms with Gasteiger partial charge in [-0.25, -0.2) is 0 Å². The van der Waals surface area contributed by atoms with Crippen molar-refractivity contribution in [3.8, 4) is 17.1 Å². The van der Waals surface area contributed by atoms with Gasteiger partial charge in [0.05, 0.1) is 4.53 Å². The number of fused-ring (bicyclic) bond motifs is 1. The second-order valence-electron chi connectivity index (χ2n) is 7.55. The second kappa shape index (κ2) is 9.24. The van der Waals surface area contributed by atoms with Crippen LogP contribution < -0.4 is 20.1 Å². The number of benzene rings is 2. The molecule has 2 aromatic carbocycles. The molecule has 0 spiro atoms. The zero-order chi connectivity index (χ0) is 23.5. The maximum Gasteiger partial charge on any atom is 0.291 e. The monoisotopic (exact) mass is 469 g/mol. The fraction of sp³-hybridized carbons (Fsp3) is 0.0800. The number of pyridine rings is 1. The molecule has 0 radical (unpaired) electrons. The lowest BCUT2D eigenvalue weighted by atomic mass is 10.2. The van der Waals surface area contributed by atoms with Crippen LogP contribution in [0.4, 0.5) is 5.69 Å². The summed E-state index contributed by atoms with van der Waals surface area (Å²) in [5.74, 6) is 0.810. The van der Waals surface area contributed by atoms with E-state index in [4.69, 9.17) is 4.74 Å². The molecule has 0 atom stereocenters. The molecule has 0 saturated heterocycles. The number of amides is 1. The molecule has 0 fully saturated rings. The van der Waals surface area contributed by atoms with Crippen molar-refractivity contribution in [1.29, 1.82) is 0 Å². The van der Waals surface area contributed by atoms with E-state index >= 15 is 0 Å². The van der Waals surface area contributed by atoms with Crippen molar-refractivity contribution in [2.24, 2.45) is 0 Å². The number of carbonyl (C=O) groups is 1. The van der Waals surface area contributed by atoms with Crippen LogP contribution in [0, 0.1) is 6.92 Å². The first kappa shape index (κ1) is 21.5. The number of nitrogens with zero attached hydrogens (tertiary/aromatic N) is 4. The first-order chi connectivity index (χ1) is 16.5. The van der Waals surface area contributed by atoms with Crippen LogP contribution in [-0.4, -0.2) is 32.1 Å². The Morgan fingerprint density at radius 1 is 1.06 bits per heavy atom. The first-order valence-electron chi connectivity index (χ1n) is 10.5. The SMILES string of the molecule is Cc1ccc(NC(=O)COc2ccc(/C=c3\sc4nc(-c5ccncc5)nn4c3=O)cc2)cc1. The van der Waals surface area contributed by atoms with E-state index in [0.29, 0.717) is 21.1 Å². The van der Waals surface area contributed by atoms with Crippen molar-refractivity contribution in [3.05, 3.63) is 99.1 Å². The summed E-state index contributed by atoms with van der Waals surface area (Å²) in [5.41, 5.74) is 3.26. The van der Waals surface area contributed by atoms with E-state index in [0.717, 1.165) is 22.4 Å². The summed E-state index contributed by atoms with van der Waals surface area (Å²) in [6.45, 7) is 1.89. The average Bonchev–Trinajstić information content (AvgIpc) is 3.40. The van der Waals surface area contributed by atoms with Crippen LogP contribution in [0.25, 0.3) is 22.4 Å². The highest BCUT2D eigenvalue weighted by Crippen LogP contribution is 2.16. The molecule has 0 aliphatic heterocycles. The molecule has 9 heteroatoms. The van der Waals surface area contributed by atoms with Crippen LogP contribution in [-0.2, 0) is 4.79 Å². The molecule has 0 saturated carbocycles. The minimum atomic E-state index is -0.240. The van der Waals surface area contributed by atoms with Gasteiger partial charge in [0.25, 0.3) is 11.5 Å². The number of carbonyl (C=O) groups excluding carboxylic acids is 1. The number of hydrogen-bond donors (Lipinski definition) is 1. The largest absolute Gasteiger partial charge is 0.484 e. The van der Waals surface area contributed by atoms with Crippen molar-refractivity contribution < 1.29 is 9.53 Å².